The third-order valence-electron chi connectivity index (χ3n) is 6.81. The molecular weight excluding hydrogens is 346 g/mol. The second kappa shape index (κ2) is 10.6. The average Bonchev–Trinajstić information content (AvgIpc) is 2.75. The summed E-state index contributed by atoms with van der Waals surface area (Å²) >= 11 is 0. The number of nitrogens with zero attached hydrogens (tertiary/aromatic N) is 1. The van der Waals surface area contributed by atoms with Gasteiger partial charge >= 0.3 is 5.97 Å². The van der Waals surface area contributed by atoms with E-state index in [1.54, 1.807) is 0 Å². The molecule has 0 saturated heterocycles. The summed E-state index contributed by atoms with van der Waals surface area (Å²) in [5.74, 6) is 1.49. The maximum Gasteiger partial charge on any atom is 0.338 e. The molecule has 0 amide bonds. The summed E-state index contributed by atoms with van der Waals surface area (Å²) in [5.41, 5.74) is 2.03. The fourth-order valence-corrected chi connectivity index (χ4v) is 4.89. The Hall–Kier alpha value is -1.82. The molecule has 28 heavy (non-hydrogen) atoms. The molecule has 0 heterocycles. The fraction of sp³-hybridized carbons (Fsp3) is 0.680. The second-order valence-corrected chi connectivity index (χ2v) is 8.84. The molecule has 1 aromatic rings. The first-order valence-corrected chi connectivity index (χ1v) is 11.4. The molecule has 0 atom stereocenters. The van der Waals surface area contributed by atoms with Crippen LogP contribution in [0.1, 0.15) is 106 Å². The highest BCUT2D eigenvalue weighted by molar-refractivity contribution is 5.89. The third-order valence-corrected chi connectivity index (χ3v) is 6.81. The van der Waals surface area contributed by atoms with Crippen molar-refractivity contribution in [1.29, 1.82) is 5.26 Å². The number of hydrogen-bond donors (Lipinski definition) is 0. The third kappa shape index (κ3) is 5.84. The van der Waals surface area contributed by atoms with Crippen molar-refractivity contribution in [2.24, 2.45) is 11.8 Å². The van der Waals surface area contributed by atoms with Crippen LogP contribution in [0.3, 0.4) is 0 Å². The summed E-state index contributed by atoms with van der Waals surface area (Å²) in [6.07, 6.45) is 14.0. The number of unbranched alkanes of at least 4 members (excludes halogenated alkanes) is 2. The first-order chi connectivity index (χ1) is 13.7. The summed E-state index contributed by atoms with van der Waals surface area (Å²) in [6.45, 7) is 2.27. The van der Waals surface area contributed by atoms with Crippen LogP contribution in [0.2, 0.25) is 0 Å². The second-order valence-electron chi connectivity index (χ2n) is 8.84. The van der Waals surface area contributed by atoms with E-state index in [2.05, 4.69) is 25.1 Å². The van der Waals surface area contributed by atoms with Crippen molar-refractivity contribution in [3.8, 4) is 6.07 Å². The maximum absolute atomic E-state index is 12.4. The van der Waals surface area contributed by atoms with E-state index in [1.807, 2.05) is 12.1 Å². The standard InChI is InChI=1S/C25H35NO2/c1-2-3-4-5-19-6-10-21(11-7-19)22-12-14-23(15-13-22)25(27)28-24-16-8-20(18-26)9-17-24/h12-15,19-21,24H,2-11,16-17H2,1H3/t19-,20-,21-,24-. The molecule has 2 aliphatic rings. The van der Waals surface area contributed by atoms with Crippen molar-refractivity contribution in [3.05, 3.63) is 35.4 Å². The Labute approximate surface area is 170 Å². The molecular formula is C25H35NO2. The molecule has 0 unspecified atom stereocenters. The van der Waals surface area contributed by atoms with Crippen molar-refractivity contribution < 1.29 is 9.53 Å². The van der Waals surface area contributed by atoms with Crippen molar-refractivity contribution in [1.82, 2.24) is 0 Å². The number of carbonyl (C=O) groups excluding carboxylic acids is 1. The number of esters is 1. The van der Waals surface area contributed by atoms with Gasteiger partial charge < -0.3 is 4.74 Å². The molecule has 3 nitrogen and oxygen atoms in total. The lowest BCUT2D eigenvalue weighted by molar-refractivity contribution is 0.0187. The highest BCUT2D eigenvalue weighted by Gasteiger charge is 2.25. The van der Waals surface area contributed by atoms with Crippen LogP contribution in [-0.4, -0.2) is 12.1 Å². The Morgan fingerprint density at radius 2 is 1.68 bits per heavy atom. The van der Waals surface area contributed by atoms with Crippen LogP contribution in [0.25, 0.3) is 0 Å². The van der Waals surface area contributed by atoms with Crippen LogP contribution in [0.4, 0.5) is 0 Å². The Bertz CT molecular complexity index is 644. The van der Waals surface area contributed by atoms with E-state index in [1.165, 1.54) is 56.9 Å². The zero-order valence-corrected chi connectivity index (χ0v) is 17.4. The lowest BCUT2D eigenvalue weighted by Gasteiger charge is -2.29. The lowest BCUT2D eigenvalue weighted by atomic mass is 9.77. The van der Waals surface area contributed by atoms with Gasteiger partial charge in [0.2, 0.25) is 0 Å². The normalized spacial score (nSPS) is 27.7. The van der Waals surface area contributed by atoms with Gasteiger partial charge in [-0.15, -0.1) is 0 Å². The molecule has 2 saturated carbocycles. The minimum Gasteiger partial charge on any atom is -0.459 e. The van der Waals surface area contributed by atoms with Crippen LogP contribution in [0.5, 0.6) is 0 Å². The van der Waals surface area contributed by atoms with Gasteiger partial charge in [0.25, 0.3) is 0 Å². The van der Waals surface area contributed by atoms with E-state index in [0.717, 1.165) is 31.6 Å². The Balaban J connectivity index is 1.45. The first-order valence-electron chi connectivity index (χ1n) is 11.4. The van der Waals surface area contributed by atoms with E-state index in [-0.39, 0.29) is 18.0 Å². The van der Waals surface area contributed by atoms with E-state index < -0.39 is 0 Å². The van der Waals surface area contributed by atoms with Crippen molar-refractivity contribution in [3.63, 3.8) is 0 Å². The van der Waals surface area contributed by atoms with E-state index >= 15 is 0 Å². The number of carbonyl (C=O) groups is 1. The van der Waals surface area contributed by atoms with Gasteiger partial charge in [-0.1, -0.05) is 44.7 Å². The van der Waals surface area contributed by atoms with Gasteiger partial charge in [-0.25, -0.2) is 4.79 Å². The van der Waals surface area contributed by atoms with Gasteiger partial charge in [0, 0.05) is 5.92 Å². The van der Waals surface area contributed by atoms with Crippen LogP contribution in [-0.2, 0) is 4.74 Å². The van der Waals surface area contributed by atoms with Gasteiger partial charge in [0.1, 0.15) is 6.10 Å². The first kappa shape index (κ1) is 20.9. The van der Waals surface area contributed by atoms with Gasteiger partial charge in [0.15, 0.2) is 0 Å². The monoisotopic (exact) mass is 381 g/mol. The molecule has 2 aliphatic carbocycles. The van der Waals surface area contributed by atoms with Gasteiger partial charge in [-0.2, -0.15) is 5.26 Å². The average molecular weight is 382 g/mol. The van der Waals surface area contributed by atoms with Gasteiger partial charge in [-0.05, 0) is 80.9 Å². The molecule has 3 rings (SSSR count). The Morgan fingerprint density at radius 1 is 1.00 bits per heavy atom. The quantitative estimate of drug-likeness (QED) is 0.386. The van der Waals surface area contributed by atoms with Crippen molar-refractivity contribution in [2.45, 2.75) is 96.0 Å². The zero-order valence-electron chi connectivity index (χ0n) is 17.4. The van der Waals surface area contributed by atoms with E-state index in [9.17, 15) is 4.79 Å². The molecule has 0 N–H and O–H groups in total. The number of hydrogen-bond acceptors (Lipinski definition) is 3. The summed E-state index contributed by atoms with van der Waals surface area (Å²) in [7, 11) is 0. The Morgan fingerprint density at radius 3 is 2.29 bits per heavy atom. The Kier molecular flexibility index (Phi) is 7.95. The molecule has 0 aliphatic heterocycles. The summed E-state index contributed by atoms with van der Waals surface area (Å²) in [4.78, 5) is 12.4. The van der Waals surface area contributed by atoms with E-state index in [0.29, 0.717) is 11.5 Å². The predicted molar refractivity (Wildman–Crippen MR) is 112 cm³/mol. The predicted octanol–water partition coefficient (Wildman–Crippen LogP) is 6.78. The van der Waals surface area contributed by atoms with E-state index in [4.69, 9.17) is 10.00 Å². The molecule has 0 radical (unpaired) electrons. The molecule has 0 aromatic heterocycles. The fourth-order valence-electron chi connectivity index (χ4n) is 4.89. The van der Waals surface area contributed by atoms with Crippen molar-refractivity contribution in [2.75, 3.05) is 0 Å². The zero-order chi connectivity index (χ0) is 19.8. The number of nitriles is 1. The summed E-state index contributed by atoms with van der Waals surface area (Å²) in [6, 6.07) is 10.5. The summed E-state index contributed by atoms with van der Waals surface area (Å²) < 4.78 is 5.67. The van der Waals surface area contributed by atoms with Crippen LogP contribution in [0.15, 0.2) is 24.3 Å². The number of ether oxygens (including phenoxy) is 1. The molecule has 0 spiro atoms. The SMILES string of the molecule is CCCCC[C@H]1CC[C@H](c2ccc(C(=O)O[C@H]3CC[C@H](C#N)CC3)cc2)CC1. The highest BCUT2D eigenvalue weighted by atomic mass is 16.5. The highest BCUT2D eigenvalue weighted by Crippen LogP contribution is 2.37. The van der Waals surface area contributed by atoms with Crippen LogP contribution >= 0.6 is 0 Å². The molecule has 152 valence electrons. The molecule has 0 bridgehead atoms. The minimum atomic E-state index is -0.216. The largest absolute Gasteiger partial charge is 0.459 e. The molecule has 1 aromatic carbocycles. The molecule has 2 fully saturated rings. The van der Waals surface area contributed by atoms with Crippen molar-refractivity contribution >= 4 is 5.97 Å². The topological polar surface area (TPSA) is 50.1 Å². The molecule has 3 heteroatoms. The lowest BCUT2D eigenvalue weighted by Crippen LogP contribution is -2.24. The smallest absolute Gasteiger partial charge is 0.338 e. The van der Waals surface area contributed by atoms with Gasteiger partial charge in [0.05, 0.1) is 11.6 Å². The van der Waals surface area contributed by atoms with Crippen LogP contribution in [0, 0.1) is 23.2 Å². The van der Waals surface area contributed by atoms with Crippen LogP contribution < -0.4 is 0 Å². The number of rotatable bonds is 7. The summed E-state index contributed by atoms with van der Waals surface area (Å²) in [5, 5.41) is 8.98. The maximum atomic E-state index is 12.4. The van der Waals surface area contributed by atoms with Gasteiger partial charge in [-0.3, -0.25) is 0 Å². The minimum absolute atomic E-state index is 0.0280. The number of benzene rings is 1.